The fraction of sp³-hybridized carbons (Fsp3) is 0.417. The van der Waals surface area contributed by atoms with Gasteiger partial charge in [0.05, 0.1) is 16.7 Å². The fourth-order valence-corrected chi connectivity index (χ4v) is 2.97. The van der Waals surface area contributed by atoms with Crippen molar-refractivity contribution in [1.82, 2.24) is 4.72 Å². The quantitative estimate of drug-likeness (QED) is 0.862. The van der Waals surface area contributed by atoms with E-state index in [0.29, 0.717) is 0 Å². The van der Waals surface area contributed by atoms with Crippen LogP contribution in [-0.4, -0.2) is 26.7 Å². The predicted octanol–water partition coefficient (Wildman–Crippen LogP) is 1.51. The van der Waals surface area contributed by atoms with Crippen LogP contribution in [0.5, 0.6) is 0 Å². The molecule has 0 bridgehead atoms. The normalized spacial score (nSPS) is 12.2. The standard InChI is InChI=1S/C12H15ClN2O3S/c1-12(2,8-16)7-15-19(17,18)11-5-9(6-14)3-4-10(11)13/h3-5,15-16H,7-8H2,1-2H3. The molecule has 0 unspecified atom stereocenters. The second-order valence-electron chi connectivity index (χ2n) is 4.90. The summed E-state index contributed by atoms with van der Waals surface area (Å²) in [6.07, 6.45) is 0. The van der Waals surface area contributed by atoms with Crippen LogP contribution in [0, 0.1) is 16.7 Å². The first-order valence-corrected chi connectivity index (χ1v) is 7.38. The molecule has 2 N–H and O–H groups in total. The van der Waals surface area contributed by atoms with Crippen LogP contribution >= 0.6 is 11.6 Å². The summed E-state index contributed by atoms with van der Waals surface area (Å²) in [7, 11) is -3.81. The fourth-order valence-electron chi connectivity index (χ4n) is 1.20. The Hall–Kier alpha value is -1.13. The lowest BCUT2D eigenvalue weighted by Crippen LogP contribution is -2.36. The van der Waals surface area contributed by atoms with E-state index in [1.54, 1.807) is 13.8 Å². The van der Waals surface area contributed by atoms with E-state index in [9.17, 15) is 8.42 Å². The number of rotatable bonds is 5. The largest absolute Gasteiger partial charge is 0.396 e. The number of aliphatic hydroxyl groups is 1. The average molecular weight is 303 g/mol. The van der Waals surface area contributed by atoms with Crippen molar-refractivity contribution in [1.29, 1.82) is 5.26 Å². The molecule has 0 amide bonds. The lowest BCUT2D eigenvalue weighted by molar-refractivity contribution is 0.163. The van der Waals surface area contributed by atoms with E-state index in [2.05, 4.69) is 4.72 Å². The van der Waals surface area contributed by atoms with Gasteiger partial charge >= 0.3 is 0 Å². The van der Waals surface area contributed by atoms with E-state index in [4.69, 9.17) is 22.0 Å². The van der Waals surface area contributed by atoms with Gasteiger partial charge in [-0.15, -0.1) is 0 Å². The van der Waals surface area contributed by atoms with Gasteiger partial charge in [0.15, 0.2) is 0 Å². The Morgan fingerprint density at radius 2 is 2.11 bits per heavy atom. The van der Waals surface area contributed by atoms with Crippen LogP contribution in [0.15, 0.2) is 23.1 Å². The molecule has 19 heavy (non-hydrogen) atoms. The van der Waals surface area contributed by atoms with Crippen molar-refractivity contribution in [3.63, 3.8) is 0 Å². The van der Waals surface area contributed by atoms with Crippen molar-refractivity contribution in [2.24, 2.45) is 5.41 Å². The molecule has 0 aliphatic carbocycles. The van der Waals surface area contributed by atoms with Crippen LogP contribution in [0.4, 0.5) is 0 Å². The number of nitriles is 1. The Balaban J connectivity index is 3.05. The lowest BCUT2D eigenvalue weighted by Gasteiger charge is -2.22. The highest BCUT2D eigenvalue weighted by molar-refractivity contribution is 7.89. The Kier molecular flexibility index (Phi) is 4.93. The molecule has 1 aromatic rings. The third-order valence-electron chi connectivity index (χ3n) is 2.52. The van der Waals surface area contributed by atoms with Crippen LogP contribution in [-0.2, 0) is 10.0 Å². The summed E-state index contributed by atoms with van der Waals surface area (Å²) in [5.74, 6) is 0. The molecule has 5 nitrogen and oxygen atoms in total. The van der Waals surface area contributed by atoms with E-state index in [1.807, 2.05) is 6.07 Å². The van der Waals surface area contributed by atoms with Gasteiger partial charge in [0, 0.05) is 18.6 Å². The van der Waals surface area contributed by atoms with Crippen molar-refractivity contribution < 1.29 is 13.5 Å². The highest BCUT2D eigenvalue weighted by Gasteiger charge is 2.23. The van der Waals surface area contributed by atoms with Crippen LogP contribution in [0.25, 0.3) is 0 Å². The maximum atomic E-state index is 12.1. The monoisotopic (exact) mass is 302 g/mol. The van der Waals surface area contributed by atoms with Crippen LogP contribution < -0.4 is 4.72 Å². The Morgan fingerprint density at radius 1 is 1.47 bits per heavy atom. The minimum Gasteiger partial charge on any atom is -0.396 e. The zero-order valence-electron chi connectivity index (χ0n) is 10.6. The summed E-state index contributed by atoms with van der Waals surface area (Å²) in [5, 5.41) is 17.9. The molecule has 0 atom stereocenters. The number of benzene rings is 1. The van der Waals surface area contributed by atoms with Crippen LogP contribution in [0.3, 0.4) is 0 Å². The molecule has 0 fully saturated rings. The van der Waals surface area contributed by atoms with Gasteiger partial charge in [-0.2, -0.15) is 5.26 Å². The van der Waals surface area contributed by atoms with Gasteiger partial charge in [0.1, 0.15) is 4.90 Å². The van der Waals surface area contributed by atoms with Gasteiger partial charge in [-0.25, -0.2) is 13.1 Å². The lowest BCUT2D eigenvalue weighted by atomic mass is 9.96. The van der Waals surface area contributed by atoms with Crippen LogP contribution in [0.1, 0.15) is 19.4 Å². The van der Waals surface area contributed by atoms with Gasteiger partial charge in [-0.1, -0.05) is 25.4 Å². The highest BCUT2D eigenvalue weighted by atomic mass is 35.5. The maximum absolute atomic E-state index is 12.1. The Morgan fingerprint density at radius 3 is 2.63 bits per heavy atom. The first-order chi connectivity index (χ1) is 8.72. The molecule has 1 aromatic carbocycles. The Labute approximate surface area is 117 Å². The Bertz CT molecular complexity index is 606. The molecular weight excluding hydrogens is 288 g/mol. The summed E-state index contributed by atoms with van der Waals surface area (Å²) in [6, 6.07) is 5.89. The molecule has 0 aliphatic rings. The topological polar surface area (TPSA) is 90.2 Å². The number of halogens is 1. The summed E-state index contributed by atoms with van der Waals surface area (Å²) in [5.41, 5.74) is -0.363. The molecule has 0 heterocycles. The molecule has 0 spiro atoms. The van der Waals surface area contributed by atoms with Gasteiger partial charge in [-0.05, 0) is 18.2 Å². The minimum atomic E-state index is -3.81. The number of nitrogens with one attached hydrogen (secondary N) is 1. The van der Waals surface area contributed by atoms with Crippen molar-refractivity contribution >= 4 is 21.6 Å². The first kappa shape index (κ1) is 15.9. The van der Waals surface area contributed by atoms with Crippen molar-refractivity contribution in [2.75, 3.05) is 13.2 Å². The summed E-state index contributed by atoms with van der Waals surface area (Å²) >= 11 is 5.84. The third-order valence-corrected chi connectivity index (χ3v) is 4.40. The molecule has 1 rings (SSSR count). The molecule has 0 saturated heterocycles. The molecule has 0 saturated carbocycles. The number of hydrogen-bond acceptors (Lipinski definition) is 4. The zero-order valence-corrected chi connectivity index (χ0v) is 12.2. The molecule has 7 heteroatoms. The number of sulfonamides is 1. The molecule has 0 radical (unpaired) electrons. The average Bonchev–Trinajstić information content (AvgIpc) is 2.37. The number of aliphatic hydroxyl groups excluding tert-OH is 1. The number of nitrogens with zero attached hydrogens (tertiary/aromatic N) is 1. The van der Waals surface area contributed by atoms with Crippen LogP contribution in [0.2, 0.25) is 5.02 Å². The summed E-state index contributed by atoms with van der Waals surface area (Å²) < 4.78 is 26.6. The summed E-state index contributed by atoms with van der Waals surface area (Å²) in [6.45, 7) is 3.37. The molecular formula is C12H15ClN2O3S. The maximum Gasteiger partial charge on any atom is 0.242 e. The third kappa shape index (κ3) is 4.18. The molecule has 0 aromatic heterocycles. The van der Waals surface area contributed by atoms with Crippen molar-refractivity contribution in [2.45, 2.75) is 18.7 Å². The van der Waals surface area contributed by atoms with Crippen molar-refractivity contribution in [3.8, 4) is 6.07 Å². The van der Waals surface area contributed by atoms with E-state index in [0.717, 1.165) is 0 Å². The van der Waals surface area contributed by atoms with Gasteiger partial charge in [0.25, 0.3) is 0 Å². The zero-order chi connectivity index (χ0) is 14.7. The molecule has 104 valence electrons. The second kappa shape index (κ2) is 5.88. The van der Waals surface area contributed by atoms with Gasteiger partial charge in [0.2, 0.25) is 10.0 Å². The van der Waals surface area contributed by atoms with E-state index in [-0.39, 0.29) is 28.6 Å². The van der Waals surface area contributed by atoms with Gasteiger partial charge in [-0.3, -0.25) is 0 Å². The van der Waals surface area contributed by atoms with E-state index in [1.165, 1.54) is 18.2 Å². The van der Waals surface area contributed by atoms with E-state index < -0.39 is 15.4 Å². The smallest absolute Gasteiger partial charge is 0.242 e. The second-order valence-corrected chi connectivity index (χ2v) is 7.05. The molecule has 0 aliphatic heterocycles. The van der Waals surface area contributed by atoms with E-state index >= 15 is 0 Å². The number of hydrogen-bond donors (Lipinski definition) is 2. The highest BCUT2D eigenvalue weighted by Crippen LogP contribution is 2.23. The minimum absolute atomic E-state index is 0.0494. The van der Waals surface area contributed by atoms with Gasteiger partial charge < -0.3 is 5.11 Å². The predicted molar refractivity (Wildman–Crippen MR) is 72.2 cm³/mol. The first-order valence-electron chi connectivity index (χ1n) is 5.52. The SMILES string of the molecule is CC(C)(CO)CNS(=O)(=O)c1cc(C#N)ccc1Cl. The van der Waals surface area contributed by atoms with Crippen molar-refractivity contribution in [3.05, 3.63) is 28.8 Å². The summed E-state index contributed by atoms with van der Waals surface area (Å²) in [4.78, 5) is -0.137.